The summed E-state index contributed by atoms with van der Waals surface area (Å²) in [5.74, 6) is -4.09. The molecule has 0 saturated carbocycles. The van der Waals surface area contributed by atoms with E-state index in [0.29, 0.717) is 23.0 Å². The predicted molar refractivity (Wildman–Crippen MR) is 95.6 cm³/mol. The fourth-order valence-electron chi connectivity index (χ4n) is 2.53. The monoisotopic (exact) mass is 381 g/mol. The molecule has 26 heavy (non-hydrogen) atoms. The smallest absolute Gasteiger partial charge is 0.288 e. The molecular weight excluding hydrogens is 364 g/mol. The van der Waals surface area contributed by atoms with Crippen molar-refractivity contribution in [2.45, 2.75) is 31.0 Å². The largest absolute Gasteiger partial charge is 0.365 e. The lowest BCUT2D eigenvalue weighted by atomic mass is 10.1. The van der Waals surface area contributed by atoms with Crippen molar-refractivity contribution in [2.24, 2.45) is 5.73 Å². The highest BCUT2D eigenvalue weighted by Crippen LogP contribution is 2.31. The third-order valence-corrected chi connectivity index (χ3v) is 4.42. The maximum Gasteiger partial charge on any atom is 0.288 e. The summed E-state index contributed by atoms with van der Waals surface area (Å²) in [4.78, 5) is 36.4. The number of anilines is 1. The molecule has 0 radical (unpaired) electrons. The fourth-order valence-corrected chi connectivity index (χ4v) is 3.12. The molecule has 0 spiro atoms. The lowest BCUT2D eigenvalue weighted by Crippen LogP contribution is -2.35. The van der Waals surface area contributed by atoms with Crippen LogP contribution in [0.1, 0.15) is 21.6 Å². The Kier molecular flexibility index (Phi) is 6.14. The van der Waals surface area contributed by atoms with Gasteiger partial charge >= 0.3 is 0 Å². The number of para-hydroxylation sites is 1. The SMILES string of the molecule is Cc1cc(C)n(CC(=O)Nc2ccccc2SC(F)F)c(=O)c1C(N)=O. The summed E-state index contributed by atoms with van der Waals surface area (Å²) in [6, 6.07) is 7.70. The van der Waals surface area contributed by atoms with Gasteiger partial charge in [-0.1, -0.05) is 23.9 Å². The highest BCUT2D eigenvalue weighted by molar-refractivity contribution is 7.99. The molecule has 0 unspecified atom stereocenters. The van der Waals surface area contributed by atoms with E-state index in [-0.39, 0.29) is 22.7 Å². The first kappa shape index (κ1) is 19.6. The van der Waals surface area contributed by atoms with Crippen LogP contribution in [0.2, 0.25) is 0 Å². The number of halogens is 2. The number of aromatic nitrogens is 1. The summed E-state index contributed by atoms with van der Waals surface area (Å²) in [6.45, 7) is 2.82. The molecule has 0 fully saturated rings. The van der Waals surface area contributed by atoms with Gasteiger partial charge in [0.15, 0.2) is 0 Å². The molecule has 1 heterocycles. The Morgan fingerprint density at radius 2 is 1.92 bits per heavy atom. The second-order valence-electron chi connectivity index (χ2n) is 5.52. The minimum absolute atomic E-state index is 0.183. The Morgan fingerprint density at radius 3 is 2.54 bits per heavy atom. The third-order valence-electron chi connectivity index (χ3n) is 3.63. The first-order valence-electron chi connectivity index (χ1n) is 7.55. The van der Waals surface area contributed by atoms with Gasteiger partial charge in [-0.25, -0.2) is 0 Å². The van der Waals surface area contributed by atoms with Crippen molar-refractivity contribution < 1.29 is 18.4 Å². The van der Waals surface area contributed by atoms with Crippen molar-refractivity contribution in [1.82, 2.24) is 4.57 Å². The standard InChI is InChI=1S/C17H17F2N3O3S/c1-9-7-10(2)22(16(25)14(9)15(20)24)8-13(23)21-11-5-3-4-6-12(11)26-17(18)19/h3-7,17H,8H2,1-2H3,(H2,20,24)(H,21,23). The number of primary amides is 1. The van der Waals surface area contributed by atoms with Gasteiger partial charge in [-0.15, -0.1) is 0 Å². The van der Waals surface area contributed by atoms with Gasteiger partial charge in [0.25, 0.3) is 17.2 Å². The maximum absolute atomic E-state index is 12.6. The van der Waals surface area contributed by atoms with Crippen LogP contribution in [0.5, 0.6) is 0 Å². The number of pyridine rings is 1. The molecule has 1 aromatic heterocycles. The van der Waals surface area contributed by atoms with E-state index in [4.69, 9.17) is 5.73 Å². The Hall–Kier alpha value is -2.68. The minimum Gasteiger partial charge on any atom is -0.365 e. The van der Waals surface area contributed by atoms with Crippen LogP contribution in [0.3, 0.4) is 0 Å². The van der Waals surface area contributed by atoms with E-state index in [1.54, 1.807) is 32.0 Å². The van der Waals surface area contributed by atoms with E-state index in [9.17, 15) is 23.2 Å². The number of aryl methyl sites for hydroxylation is 2. The summed E-state index contributed by atoms with van der Waals surface area (Å²) in [5, 5.41) is 2.51. The molecule has 3 N–H and O–H groups in total. The number of rotatable bonds is 6. The van der Waals surface area contributed by atoms with Crippen molar-refractivity contribution in [3.8, 4) is 0 Å². The number of alkyl halides is 2. The molecule has 0 bridgehead atoms. The number of thioether (sulfide) groups is 1. The average molecular weight is 381 g/mol. The Morgan fingerprint density at radius 1 is 1.27 bits per heavy atom. The van der Waals surface area contributed by atoms with E-state index in [1.165, 1.54) is 12.1 Å². The van der Waals surface area contributed by atoms with Gasteiger partial charge in [-0.3, -0.25) is 14.4 Å². The number of hydrogen-bond donors (Lipinski definition) is 2. The molecule has 2 amide bonds. The molecule has 1 aromatic carbocycles. The molecule has 2 rings (SSSR count). The predicted octanol–water partition coefficient (Wildman–Crippen LogP) is 2.52. The van der Waals surface area contributed by atoms with Gasteiger partial charge in [-0.05, 0) is 37.6 Å². The van der Waals surface area contributed by atoms with Crippen molar-refractivity contribution in [2.75, 3.05) is 5.32 Å². The third kappa shape index (κ3) is 4.48. The normalized spacial score (nSPS) is 10.8. The van der Waals surface area contributed by atoms with E-state index >= 15 is 0 Å². The van der Waals surface area contributed by atoms with Crippen molar-refractivity contribution in [1.29, 1.82) is 0 Å². The molecule has 6 nitrogen and oxygen atoms in total. The topological polar surface area (TPSA) is 94.2 Å². The van der Waals surface area contributed by atoms with Gasteiger partial charge in [0.2, 0.25) is 5.91 Å². The second kappa shape index (κ2) is 8.13. The molecule has 0 atom stereocenters. The summed E-state index contributed by atoms with van der Waals surface area (Å²) in [7, 11) is 0. The minimum atomic E-state index is -2.63. The summed E-state index contributed by atoms with van der Waals surface area (Å²) < 4.78 is 26.3. The number of hydrogen-bond acceptors (Lipinski definition) is 4. The summed E-state index contributed by atoms with van der Waals surface area (Å²) >= 11 is 0.310. The summed E-state index contributed by atoms with van der Waals surface area (Å²) in [6.07, 6.45) is 0. The quantitative estimate of drug-likeness (QED) is 0.752. The van der Waals surface area contributed by atoms with Crippen LogP contribution >= 0.6 is 11.8 Å². The highest BCUT2D eigenvalue weighted by atomic mass is 32.2. The van der Waals surface area contributed by atoms with Crippen LogP contribution in [0, 0.1) is 13.8 Å². The maximum atomic E-state index is 12.6. The van der Waals surface area contributed by atoms with Crippen LogP contribution in [0.4, 0.5) is 14.5 Å². The summed E-state index contributed by atoms with van der Waals surface area (Å²) in [5.41, 5.74) is 5.50. The molecule has 2 aromatic rings. The van der Waals surface area contributed by atoms with Crippen LogP contribution in [-0.2, 0) is 11.3 Å². The number of amides is 2. The zero-order valence-corrected chi connectivity index (χ0v) is 14.9. The van der Waals surface area contributed by atoms with Gasteiger partial charge in [0.05, 0.1) is 5.69 Å². The molecule has 138 valence electrons. The number of benzene rings is 1. The van der Waals surface area contributed by atoms with E-state index in [2.05, 4.69) is 5.32 Å². The zero-order chi connectivity index (χ0) is 19.4. The first-order chi connectivity index (χ1) is 12.2. The number of nitrogens with two attached hydrogens (primary N) is 1. The Balaban J connectivity index is 2.28. The number of nitrogens with one attached hydrogen (secondary N) is 1. The number of carbonyl (C=O) groups excluding carboxylic acids is 2. The Bertz CT molecular complexity index is 913. The van der Waals surface area contributed by atoms with Crippen LogP contribution in [-0.4, -0.2) is 22.1 Å². The second-order valence-corrected chi connectivity index (χ2v) is 6.55. The van der Waals surface area contributed by atoms with Crippen LogP contribution in [0.25, 0.3) is 0 Å². The lowest BCUT2D eigenvalue weighted by Gasteiger charge is -2.14. The molecule has 0 aliphatic rings. The molecule has 0 saturated heterocycles. The van der Waals surface area contributed by atoms with E-state index < -0.39 is 23.1 Å². The van der Waals surface area contributed by atoms with Gasteiger partial charge in [-0.2, -0.15) is 8.78 Å². The molecule has 9 heteroatoms. The van der Waals surface area contributed by atoms with Gasteiger partial charge in [0.1, 0.15) is 12.1 Å². The zero-order valence-electron chi connectivity index (χ0n) is 14.1. The molecule has 0 aliphatic carbocycles. The van der Waals surface area contributed by atoms with Crippen LogP contribution < -0.4 is 16.6 Å². The van der Waals surface area contributed by atoms with Gasteiger partial charge < -0.3 is 15.6 Å². The first-order valence-corrected chi connectivity index (χ1v) is 8.43. The van der Waals surface area contributed by atoms with Crippen molar-refractivity contribution in [3.05, 3.63) is 57.5 Å². The van der Waals surface area contributed by atoms with Crippen molar-refractivity contribution in [3.63, 3.8) is 0 Å². The lowest BCUT2D eigenvalue weighted by molar-refractivity contribution is -0.116. The van der Waals surface area contributed by atoms with E-state index in [0.717, 1.165) is 4.57 Å². The van der Waals surface area contributed by atoms with Crippen molar-refractivity contribution >= 4 is 29.3 Å². The number of carbonyl (C=O) groups is 2. The fraction of sp³-hybridized carbons (Fsp3) is 0.235. The molecule has 0 aliphatic heterocycles. The highest BCUT2D eigenvalue weighted by Gasteiger charge is 2.17. The van der Waals surface area contributed by atoms with Gasteiger partial charge in [0, 0.05) is 10.6 Å². The van der Waals surface area contributed by atoms with Crippen LogP contribution in [0.15, 0.2) is 40.0 Å². The molecular formula is C17H17F2N3O3S. The average Bonchev–Trinajstić information content (AvgIpc) is 2.52. The Labute approximate surface area is 152 Å². The van der Waals surface area contributed by atoms with E-state index in [1.807, 2.05) is 0 Å². The number of nitrogens with zero attached hydrogens (tertiary/aromatic N) is 1.